The molecular weight excluding hydrogens is 519 g/mol. The monoisotopic (exact) mass is 553 g/mol. The lowest BCUT2D eigenvalue weighted by molar-refractivity contribution is -0.137. The number of halogens is 3. The molecule has 0 bridgehead atoms. The highest BCUT2D eigenvalue weighted by Gasteiger charge is 2.31. The van der Waals surface area contributed by atoms with Gasteiger partial charge in [-0.1, -0.05) is 33.8 Å². The fraction of sp³-hybridized carbons (Fsp3) is 0.407. The first kappa shape index (κ1) is 30.9. The van der Waals surface area contributed by atoms with Gasteiger partial charge in [-0.25, -0.2) is 13.1 Å². The maximum Gasteiger partial charge on any atom is 0.416 e. The third-order valence-electron chi connectivity index (χ3n) is 5.34. The first-order valence-corrected chi connectivity index (χ1v) is 14.0. The molecule has 4 rings (SSSR count). The van der Waals surface area contributed by atoms with Crippen LogP contribution in [0.15, 0.2) is 53.6 Å². The molecule has 1 amide bonds. The minimum absolute atomic E-state index is 0.335. The number of amides is 1. The zero-order valence-corrected chi connectivity index (χ0v) is 23.2. The number of sulfone groups is 1. The van der Waals surface area contributed by atoms with Crippen molar-refractivity contribution in [1.29, 1.82) is 0 Å². The van der Waals surface area contributed by atoms with Gasteiger partial charge in [0.25, 0.3) is 0 Å². The number of alkyl halides is 3. The normalized spacial score (nSPS) is 12.7. The van der Waals surface area contributed by atoms with Crippen molar-refractivity contribution < 1.29 is 31.1 Å². The fourth-order valence-electron chi connectivity index (χ4n) is 3.48. The van der Waals surface area contributed by atoms with Crippen LogP contribution in [0, 0.1) is 12.8 Å². The Labute approximate surface area is 222 Å². The summed E-state index contributed by atoms with van der Waals surface area (Å²) in [6.45, 7) is 11.5. The summed E-state index contributed by atoms with van der Waals surface area (Å²) < 4.78 is 67.6. The molecule has 0 radical (unpaired) electrons. The van der Waals surface area contributed by atoms with Crippen LogP contribution >= 0.6 is 0 Å². The lowest BCUT2D eigenvalue weighted by Crippen LogP contribution is -2.14. The first-order chi connectivity index (χ1) is 17.8. The number of aromatic nitrogens is 2. The van der Waals surface area contributed by atoms with E-state index in [1.807, 2.05) is 20.8 Å². The summed E-state index contributed by atoms with van der Waals surface area (Å²) in [7, 11) is -3.13. The lowest BCUT2D eigenvalue weighted by atomic mass is 10.2. The van der Waals surface area contributed by atoms with Gasteiger partial charge in [0.05, 0.1) is 35.0 Å². The van der Waals surface area contributed by atoms with Crippen molar-refractivity contribution in [2.75, 3.05) is 12.9 Å². The van der Waals surface area contributed by atoms with E-state index in [0.717, 1.165) is 41.1 Å². The van der Waals surface area contributed by atoms with Crippen LogP contribution in [0.4, 0.5) is 13.2 Å². The van der Waals surface area contributed by atoms with E-state index >= 15 is 0 Å². The Morgan fingerprint density at radius 3 is 2.32 bits per heavy atom. The van der Waals surface area contributed by atoms with Crippen LogP contribution in [0.25, 0.3) is 5.69 Å². The number of carbonyl (C=O) groups is 1. The summed E-state index contributed by atoms with van der Waals surface area (Å²) in [5.74, 6) is 1.20. The zero-order chi connectivity index (χ0) is 28.7. The summed E-state index contributed by atoms with van der Waals surface area (Å²) in [6, 6.07) is 9.93. The average Bonchev–Trinajstić information content (AvgIpc) is 3.43. The van der Waals surface area contributed by atoms with Gasteiger partial charge in [-0.05, 0) is 54.8 Å². The van der Waals surface area contributed by atoms with Crippen molar-refractivity contribution in [3.8, 4) is 11.4 Å². The van der Waals surface area contributed by atoms with E-state index in [2.05, 4.69) is 18.9 Å². The van der Waals surface area contributed by atoms with Crippen molar-refractivity contribution in [3.63, 3.8) is 0 Å². The van der Waals surface area contributed by atoms with Gasteiger partial charge in [-0.2, -0.15) is 18.3 Å². The Morgan fingerprint density at radius 2 is 1.79 bits per heavy atom. The molecule has 2 heterocycles. The molecule has 0 fully saturated rings. The van der Waals surface area contributed by atoms with Crippen LogP contribution in [0.3, 0.4) is 0 Å². The minimum atomic E-state index is -4.37. The number of fused-ring (bicyclic) bond motifs is 1. The van der Waals surface area contributed by atoms with Crippen LogP contribution < -0.4 is 4.74 Å². The van der Waals surface area contributed by atoms with Gasteiger partial charge in [-0.15, -0.1) is 0 Å². The van der Waals surface area contributed by atoms with Gasteiger partial charge in [0, 0.05) is 24.6 Å². The van der Waals surface area contributed by atoms with Gasteiger partial charge < -0.3 is 9.64 Å². The SMILES string of the molecule is CC.Cc1cc(S(C)(=O)=O)ccc1OCC(C)C.O=CN1Cc2cn(-c3cccc(C(F)(F)F)c3)nc2C1. The Balaban J connectivity index is 0.000000257. The molecule has 0 unspecified atom stereocenters. The molecular formula is C27H34F3N3O4S. The van der Waals surface area contributed by atoms with Crippen LogP contribution in [-0.2, 0) is 33.9 Å². The number of ether oxygens (including phenoxy) is 1. The Hall–Kier alpha value is -3.34. The number of rotatable bonds is 6. The van der Waals surface area contributed by atoms with E-state index in [0.29, 0.717) is 36.2 Å². The van der Waals surface area contributed by atoms with Crippen LogP contribution in [0.2, 0.25) is 0 Å². The Kier molecular flexibility index (Phi) is 10.5. The molecule has 1 aromatic heterocycles. The van der Waals surface area contributed by atoms with Gasteiger partial charge in [0.1, 0.15) is 5.75 Å². The average molecular weight is 554 g/mol. The Morgan fingerprint density at radius 1 is 1.11 bits per heavy atom. The van der Waals surface area contributed by atoms with E-state index in [1.54, 1.807) is 35.4 Å². The molecule has 2 aromatic carbocycles. The molecule has 0 atom stereocenters. The van der Waals surface area contributed by atoms with Gasteiger partial charge in [0.2, 0.25) is 6.41 Å². The number of nitrogens with zero attached hydrogens (tertiary/aromatic N) is 3. The highest BCUT2D eigenvalue weighted by atomic mass is 32.2. The largest absolute Gasteiger partial charge is 0.493 e. The lowest BCUT2D eigenvalue weighted by Gasteiger charge is -2.11. The van der Waals surface area contributed by atoms with Crippen molar-refractivity contribution >= 4 is 16.2 Å². The van der Waals surface area contributed by atoms with E-state index < -0.39 is 21.6 Å². The van der Waals surface area contributed by atoms with E-state index in [9.17, 15) is 26.4 Å². The second-order valence-electron chi connectivity index (χ2n) is 9.01. The molecule has 0 saturated heterocycles. The minimum Gasteiger partial charge on any atom is -0.493 e. The molecule has 11 heteroatoms. The summed E-state index contributed by atoms with van der Waals surface area (Å²) >= 11 is 0. The third-order valence-corrected chi connectivity index (χ3v) is 6.45. The summed E-state index contributed by atoms with van der Waals surface area (Å²) in [5, 5.41) is 4.23. The van der Waals surface area contributed by atoms with E-state index in [-0.39, 0.29) is 0 Å². The Bertz CT molecular complexity index is 1310. The molecule has 1 aliphatic rings. The maximum absolute atomic E-state index is 12.7. The fourth-order valence-corrected chi connectivity index (χ4v) is 4.19. The van der Waals surface area contributed by atoms with Crippen molar-refractivity contribution in [1.82, 2.24) is 14.7 Å². The zero-order valence-electron chi connectivity index (χ0n) is 22.4. The smallest absolute Gasteiger partial charge is 0.416 e. The number of hydrogen-bond donors (Lipinski definition) is 0. The molecule has 3 aromatic rings. The number of aryl methyl sites for hydroxylation is 1. The molecule has 0 saturated carbocycles. The molecule has 38 heavy (non-hydrogen) atoms. The standard InChI is InChI=1S/C13H10F3N3O.C12H18O3S.C2H6/c14-13(15,16)10-2-1-3-11(4-10)19-6-9-5-18(8-20)7-12(9)17-19;1-9(2)8-15-12-6-5-11(7-10(12)3)16(4,13)14;1-2/h1-4,6,8H,5,7H2;5-7,9H,8H2,1-4H3;1-2H3. The number of hydrogen-bond acceptors (Lipinski definition) is 5. The van der Waals surface area contributed by atoms with E-state index in [4.69, 9.17) is 4.74 Å². The summed E-state index contributed by atoms with van der Waals surface area (Å²) in [5.41, 5.74) is 2.07. The highest BCUT2D eigenvalue weighted by molar-refractivity contribution is 7.90. The highest BCUT2D eigenvalue weighted by Crippen LogP contribution is 2.31. The first-order valence-electron chi connectivity index (χ1n) is 12.2. The summed E-state index contributed by atoms with van der Waals surface area (Å²) in [6.07, 6.45) is -0.777. The quantitative estimate of drug-likeness (QED) is 0.359. The van der Waals surface area contributed by atoms with Gasteiger partial charge in [-0.3, -0.25) is 4.79 Å². The third kappa shape index (κ3) is 8.34. The van der Waals surface area contributed by atoms with Crippen LogP contribution in [-0.4, -0.2) is 42.4 Å². The van der Waals surface area contributed by atoms with Gasteiger partial charge in [0.15, 0.2) is 9.84 Å². The molecule has 1 aliphatic heterocycles. The molecule has 7 nitrogen and oxygen atoms in total. The second kappa shape index (κ2) is 12.9. The second-order valence-corrected chi connectivity index (χ2v) is 11.0. The molecule has 0 spiro atoms. The topological polar surface area (TPSA) is 81.5 Å². The van der Waals surface area contributed by atoms with Crippen LogP contribution in [0.5, 0.6) is 5.75 Å². The van der Waals surface area contributed by atoms with Crippen LogP contribution in [0.1, 0.15) is 50.1 Å². The van der Waals surface area contributed by atoms with Crippen molar-refractivity contribution in [2.45, 2.75) is 58.8 Å². The van der Waals surface area contributed by atoms with Crippen molar-refractivity contribution in [2.24, 2.45) is 5.92 Å². The molecule has 208 valence electrons. The molecule has 0 N–H and O–H groups in total. The number of carbonyl (C=O) groups excluding carboxylic acids is 1. The van der Waals surface area contributed by atoms with Gasteiger partial charge >= 0.3 is 6.18 Å². The number of benzene rings is 2. The van der Waals surface area contributed by atoms with Crippen molar-refractivity contribution in [3.05, 3.63) is 71.0 Å². The predicted molar refractivity (Wildman–Crippen MR) is 140 cm³/mol. The predicted octanol–water partition coefficient (Wildman–Crippen LogP) is 5.82. The summed E-state index contributed by atoms with van der Waals surface area (Å²) in [4.78, 5) is 12.5. The molecule has 0 aliphatic carbocycles. The van der Waals surface area contributed by atoms with E-state index in [1.165, 1.54) is 17.0 Å². The maximum atomic E-state index is 12.7.